The fourth-order valence-electron chi connectivity index (χ4n) is 2.15. The Bertz CT molecular complexity index is 876. The second-order valence-corrected chi connectivity index (χ2v) is 5.04. The van der Waals surface area contributed by atoms with Gasteiger partial charge in [0.25, 0.3) is 5.56 Å². The number of nitrogens with zero attached hydrogens (tertiary/aromatic N) is 2. The zero-order valence-electron chi connectivity index (χ0n) is 13.3. The predicted molar refractivity (Wildman–Crippen MR) is 84.0 cm³/mol. The number of nitrogen functional groups attached to an aromatic ring is 1. The van der Waals surface area contributed by atoms with E-state index in [9.17, 15) is 19.2 Å². The van der Waals surface area contributed by atoms with Crippen molar-refractivity contribution in [3.63, 3.8) is 0 Å². The van der Waals surface area contributed by atoms with Gasteiger partial charge in [0.1, 0.15) is 11.4 Å². The van der Waals surface area contributed by atoms with Gasteiger partial charge in [0, 0.05) is 13.6 Å². The van der Waals surface area contributed by atoms with Crippen LogP contribution in [0.1, 0.15) is 34.3 Å². The Labute approximate surface area is 136 Å². The van der Waals surface area contributed by atoms with Crippen LogP contribution >= 0.6 is 0 Å². The van der Waals surface area contributed by atoms with Gasteiger partial charge in [-0.2, -0.15) is 0 Å². The average molecular weight is 335 g/mol. The van der Waals surface area contributed by atoms with E-state index in [2.05, 4.69) is 0 Å². The van der Waals surface area contributed by atoms with Crippen LogP contribution in [0.25, 0.3) is 0 Å². The Hall–Kier alpha value is -3.10. The molecule has 0 aliphatic rings. The maximum Gasteiger partial charge on any atom is 0.374 e. The molecule has 2 heterocycles. The zero-order chi connectivity index (χ0) is 17.9. The second kappa shape index (κ2) is 6.99. The van der Waals surface area contributed by atoms with E-state index in [1.54, 1.807) is 0 Å². The van der Waals surface area contributed by atoms with E-state index in [0.717, 1.165) is 9.13 Å². The van der Waals surface area contributed by atoms with E-state index in [1.807, 2.05) is 6.92 Å². The average Bonchev–Trinajstić information content (AvgIpc) is 3.09. The van der Waals surface area contributed by atoms with Crippen molar-refractivity contribution < 1.29 is 18.7 Å². The highest BCUT2D eigenvalue weighted by Crippen LogP contribution is 2.08. The summed E-state index contributed by atoms with van der Waals surface area (Å²) in [4.78, 5) is 48.1. The van der Waals surface area contributed by atoms with Crippen LogP contribution in [-0.2, 0) is 18.3 Å². The minimum atomic E-state index is -0.842. The van der Waals surface area contributed by atoms with E-state index in [-0.39, 0.29) is 23.7 Å². The molecule has 2 N–H and O–H groups in total. The van der Waals surface area contributed by atoms with Crippen LogP contribution in [0.4, 0.5) is 5.82 Å². The Kier molecular flexibility index (Phi) is 5.02. The van der Waals surface area contributed by atoms with Gasteiger partial charge in [0.05, 0.1) is 6.26 Å². The fourth-order valence-corrected chi connectivity index (χ4v) is 2.15. The lowest BCUT2D eigenvalue weighted by molar-refractivity contribution is 0.0443. The molecule has 2 aromatic rings. The molecular formula is C15H17N3O6. The summed E-state index contributed by atoms with van der Waals surface area (Å²) in [6, 6.07) is 2.87. The van der Waals surface area contributed by atoms with Gasteiger partial charge in [-0.1, -0.05) is 6.92 Å². The number of Topliss-reactive ketones (excluding diaryl/α,β-unsaturated/α-hetero) is 1. The molecule has 128 valence electrons. The smallest absolute Gasteiger partial charge is 0.374 e. The number of ketones is 1. The Morgan fingerprint density at radius 2 is 2.04 bits per heavy atom. The van der Waals surface area contributed by atoms with Crippen molar-refractivity contribution >= 4 is 17.6 Å². The summed E-state index contributed by atoms with van der Waals surface area (Å²) in [5.41, 5.74) is 4.00. The fraction of sp³-hybridized carbons (Fsp3) is 0.333. The van der Waals surface area contributed by atoms with E-state index < -0.39 is 29.6 Å². The molecular weight excluding hydrogens is 318 g/mol. The van der Waals surface area contributed by atoms with Crippen LogP contribution < -0.4 is 17.0 Å². The molecule has 0 saturated carbocycles. The first kappa shape index (κ1) is 17.3. The molecule has 0 fully saturated rings. The van der Waals surface area contributed by atoms with Crippen LogP contribution in [0, 0.1) is 0 Å². The number of carbonyl (C=O) groups is 2. The maximum atomic E-state index is 12.3. The van der Waals surface area contributed by atoms with Gasteiger partial charge in [-0.25, -0.2) is 9.59 Å². The number of rotatable bonds is 6. The van der Waals surface area contributed by atoms with Gasteiger partial charge >= 0.3 is 11.7 Å². The van der Waals surface area contributed by atoms with Crippen molar-refractivity contribution in [3.05, 3.63) is 50.6 Å². The van der Waals surface area contributed by atoms with Crippen LogP contribution in [0.5, 0.6) is 0 Å². The molecule has 0 radical (unpaired) electrons. The van der Waals surface area contributed by atoms with E-state index in [0.29, 0.717) is 6.42 Å². The molecule has 9 heteroatoms. The Morgan fingerprint density at radius 3 is 2.62 bits per heavy atom. The standard InChI is InChI=1S/C15H17N3O6/c1-3-6-18-12(16)11(13(20)17(2)15(18)22)9(19)8-24-14(21)10-5-4-7-23-10/h4-5,7H,3,6,8,16H2,1-2H3. The number of anilines is 1. The summed E-state index contributed by atoms with van der Waals surface area (Å²) in [7, 11) is 1.25. The highest BCUT2D eigenvalue weighted by molar-refractivity contribution is 6.01. The molecule has 0 spiro atoms. The molecule has 0 aliphatic heterocycles. The molecule has 2 aromatic heterocycles. The molecule has 0 amide bonds. The lowest BCUT2D eigenvalue weighted by Crippen LogP contribution is -2.43. The molecule has 0 unspecified atom stereocenters. The number of hydrogen-bond donors (Lipinski definition) is 1. The summed E-state index contributed by atoms with van der Waals surface area (Å²) < 4.78 is 11.6. The predicted octanol–water partition coefficient (Wildman–Crippen LogP) is 0.172. The molecule has 0 atom stereocenters. The Morgan fingerprint density at radius 1 is 1.33 bits per heavy atom. The molecule has 24 heavy (non-hydrogen) atoms. The highest BCUT2D eigenvalue weighted by atomic mass is 16.5. The van der Waals surface area contributed by atoms with Crippen molar-refractivity contribution in [2.24, 2.45) is 7.05 Å². The van der Waals surface area contributed by atoms with Crippen molar-refractivity contribution in [3.8, 4) is 0 Å². The molecule has 0 aromatic carbocycles. The Balaban J connectivity index is 2.31. The number of esters is 1. The molecule has 9 nitrogen and oxygen atoms in total. The van der Waals surface area contributed by atoms with Gasteiger partial charge in [-0.05, 0) is 18.6 Å². The normalized spacial score (nSPS) is 10.6. The third kappa shape index (κ3) is 3.14. The summed E-state index contributed by atoms with van der Waals surface area (Å²) in [6.45, 7) is 1.39. The molecule has 0 bridgehead atoms. The van der Waals surface area contributed by atoms with Crippen LogP contribution in [0.2, 0.25) is 0 Å². The molecule has 0 saturated heterocycles. The topological polar surface area (TPSA) is 127 Å². The molecule has 2 rings (SSSR count). The van der Waals surface area contributed by atoms with Gasteiger partial charge < -0.3 is 14.9 Å². The number of hydrogen-bond acceptors (Lipinski definition) is 7. The monoisotopic (exact) mass is 335 g/mol. The van der Waals surface area contributed by atoms with Crippen LogP contribution in [0.3, 0.4) is 0 Å². The van der Waals surface area contributed by atoms with Crippen molar-refractivity contribution in [2.45, 2.75) is 19.9 Å². The van der Waals surface area contributed by atoms with E-state index in [4.69, 9.17) is 14.9 Å². The van der Waals surface area contributed by atoms with E-state index >= 15 is 0 Å². The number of carbonyl (C=O) groups excluding carboxylic acids is 2. The first-order valence-corrected chi connectivity index (χ1v) is 7.21. The lowest BCUT2D eigenvalue weighted by atomic mass is 10.2. The van der Waals surface area contributed by atoms with Gasteiger partial charge in [0.2, 0.25) is 11.5 Å². The minimum absolute atomic E-state index is 0.0698. The van der Waals surface area contributed by atoms with Crippen LogP contribution in [-0.4, -0.2) is 27.5 Å². The zero-order valence-corrected chi connectivity index (χ0v) is 13.3. The maximum absolute atomic E-state index is 12.3. The highest BCUT2D eigenvalue weighted by Gasteiger charge is 2.23. The lowest BCUT2D eigenvalue weighted by Gasteiger charge is -2.13. The third-order valence-corrected chi connectivity index (χ3v) is 3.37. The summed E-state index contributed by atoms with van der Waals surface area (Å²) in [5.74, 6) is -1.94. The van der Waals surface area contributed by atoms with Gasteiger partial charge in [-0.3, -0.25) is 18.7 Å². The second-order valence-electron chi connectivity index (χ2n) is 5.04. The number of aromatic nitrogens is 2. The summed E-state index contributed by atoms with van der Waals surface area (Å²) >= 11 is 0. The first-order chi connectivity index (χ1) is 11.4. The first-order valence-electron chi connectivity index (χ1n) is 7.21. The van der Waals surface area contributed by atoms with Crippen LogP contribution in [0.15, 0.2) is 32.4 Å². The van der Waals surface area contributed by atoms with Crippen molar-refractivity contribution in [2.75, 3.05) is 12.3 Å². The quantitative estimate of drug-likeness (QED) is 0.589. The minimum Gasteiger partial charge on any atom is -0.457 e. The number of ether oxygens (including phenoxy) is 1. The van der Waals surface area contributed by atoms with Crippen molar-refractivity contribution in [1.29, 1.82) is 0 Å². The largest absolute Gasteiger partial charge is 0.457 e. The molecule has 0 aliphatic carbocycles. The number of furan rings is 1. The third-order valence-electron chi connectivity index (χ3n) is 3.37. The SMILES string of the molecule is CCCn1c(N)c(C(=O)COC(=O)c2ccco2)c(=O)n(C)c1=O. The summed E-state index contributed by atoms with van der Waals surface area (Å²) in [5, 5.41) is 0. The van der Waals surface area contributed by atoms with Gasteiger partial charge in [0.15, 0.2) is 6.61 Å². The number of nitrogens with two attached hydrogens (primary N) is 1. The van der Waals surface area contributed by atoms with Gasteiger partial charge in [-0.15, -0.1) is 0 Å². The van der Waals surface area contributed by atoms with E-state index in [1.165, 1.54) is 25.4 Å². The summed E-state index contributed by atoms with van der Waals surface area (Å²) in [6.07, 6.45) is 1.87. The van der Waals surface area contributed by atoms with Crippen molar-refractivity contribution in [1.82, 2.24) is 9.13 Å².